The van der Waals surface area contributed by atoms with Crippen LogP contribution < -0.4 is 0 Å². The Morgan fingerprint density at radius 1 is 1.31 bits per heavy atom. The Morgan fingerprint density at radius 2 is 2.15 bits per heavy atom. The van der Waals surface area contributed by atoms with Crippen LogP contribution in [-0.4, -0.2) is 21.7 Å². The van der Waals surface area contributed by atoms with Crippen molar-refractivity contribution < 1.29 is 4.79 Å². The van der Waals surface area contributed by atoms with Crippen molar-refractivity contribution in [2.24, 2.45) is 0 Å². The van der Waals surface area contributed by atoms with Crippen molar-refractivity contribution in [3.8, 4) is 11.3 Å². The van der Waals surface area contributed by atoms with Crippen molar-refractivity contribution in [3.63, 3.8) is 0 Å². The second-order valence-corrected chi connectivity index (χ2v) is 2.51. The summed E-state index contributed by atoms with van der Waals surface area (Å²) in [6.07, 6.45) is 3.49. The van der Waals surface area contributed by atoms with Gasteiger partial charge in [-0.05, 0) is 0 Å². The Balaban J connectivity index is 2.57. The monoisotopic (exact) mass is 172 g/mol. The van der Waals surface area contributed by atoms with Crippen molar-refractivity contribution in [1.82, 2.24) is 15.4 Å². The highest BCUT2D eigenvalue weighted by molar-refractivity contribution is 5.86. The fourth-order valence-electron chi connectivity index (χ4n) is 1.13. The smallest absolute Gasteiger partial charge is 0.234 e. The molecule has 1 N–H and O–H groups in total. The third-order valence-electron chi connectivity index (χ3n) is 1.73. The average molecular weight is 172 g/mol. The fourth-order valence-corrected chi connectivity index (χ4v) is 1.13. The molecule has 0 bridgehead atoms. The number of hydrogen-bond acceptors (Lipinski definition) is 3. The lowest BCUT2D eigenvalue weighted by atomic mass is 10.1. The highest BCUT2D eigenvalue weighted by atomic mass is 16.1. The minimum Gasteiger partial charge on any atom is -0.285 e. The molecule has 1 heterocycles. The normalized spacial score (nSPS) is 9.85. The van der Waals surface area contributed by atoms with Gasteiger partial charge < -0.3 is 0 Å². The summed E-state index contributed by atoms with van der Waals surface area (Å²) in [7, 11) is 0. The summed E-state index contributed by atoms with van der Waals surface area (Å²) in [5.41, 5.74) is 1.89. The van der Waals surface area contributed by atoms with E-state index in [0.717, 1.165) is 5.56 Å². The van der Waals surface area contributed by atoms with Gasteiger partial charge in [-0.2, -0.15) is 0 Å². The molecule has 0 fully saturated rings. The van der Waals surface area contributed by atoms with E-state index in [-0.39, 0.29) is 0 Å². The first-order valence-electron chi connectivity index (χ1n) is 3.76. The van der Waals surface area contributed by atoms with Crippen LogP contribution in [0, 0.1) is 0 Å². The van der Waals surface area contributed by atoms with Crippen LogP contribution in [0.5, 0.6) is 0 Å². The van der Waals surface area contributed by atoms with Gasteiger partial charge >= 0.3 is 0 Å². The lowest BCUT2D eigenvalue weighted by Crippen LogP contribution is -1.86. The maximum atomic E-state index is 10.5. The minimum absolute atomic E-state index is 0.497. The van der Waals surface area contributed by atoms with Crippen LogP contribution in [0.3, 0.4) is 0 Å². The predicted molar refractivity (Wildman–Crippen MR) is 46.6 cm³/mol. The zero-order valence-electron chi connectivity index (χ0n) is 6.69. The minimum atomic E-state index is 0.497. The molecule has 13 heavy (non-hydrogen) atoms. The Morgan fingerprint density at radius 3 is 2.85 bits per heavy atom. The number of benzene rings is 1. The van der Waals surface area contributed by atoms with Gasteiger partial charge in [0.1, 0.15) is 5.69 Å². The van der Waals surface area contributed by atoms with E-state index >= 15 is 0 Å². The van der Waals surface area contributed by atoms with Crippen LogP contribution in [0.25, 0.3) is 11.3 Å². The van der Waals surface area contributed by atoms with Gasteiger partial charge in [-0.3, -0.25) is 9.89 Å². The summed E-state index contributed by atoms with van der Waals surface area (Å²) in [6.45, 7) is 0. The number of hydrogen-bond donors (Lipinski definition) is 1. The number of H-pyrrole nitrogens is 1. The van der Waals surface area contributed by atoms with Gasteiger partial charge in [0.05, 0.1) is 6.20 Å². The average Bonchev–Trinajstić information content (AvgIpc) is 2.70. The molecule has 2 rings (SSSR count). The lowest BCUT2D eigenvalue weighted by Gasteiger charge is -1.97. The third kappa shape index (κ3) is 1.33. The van der Waals surface area contributed by atoms with Crippen LogP contribution >= 0.6 is 0 Å². The molecule has 0 atom stereocenters. The highest BCUT2D eigenvalue weighted by Crippen LogP contribution is 2.18. The molecule has 4 nitrogen and oxygen atoms in total. The van der Waals surface area contributed by atoms with Gasteiger partial charge in [-0.25, -0.2) is 0 Å². The summed E-state index contributed by atoms with van der Waals surface area (Å²) >= 11 is 0. The molecule has 0 aliphatic carbocycles. The van der Waals surface area contributed by atoms with Crippen molar-refractivity contribution in [2.75, 3.05) is 0 Å². The topological polar surface area (TPSA) is 58.6 Å². The second-order valence-electron chi connectivity index (χ2n) is 2.51. The molecule has 0 saturated carbocycles. The predicted octanol–water partition coefficient (Wildman–Crippen LogP) is 0.929. The van der Waals surface area contributed by atoms with Gasteiger partial charge in [0.2, 0.25) is 6.29 Å². The molecule has 63 valence electrons. The van der Waals surface area contributed by atoms with Crippen LogP contribution in [0.2, 0.25) is 0 Å². The molecule has 1 radical (unpaired) electrons. The van der Waals surface area contributed by atoms with E-state index in [1.807, 2.05) is 12.4 Å². The summed E-state index contributed by atoms with van der Waals surface area (Å²) < 4.78 is 0. The molecule has 4 heteroatoms. The van der Waals surface area contributed by atoms with Crippen molar-refractivity contribution in [3.05, 3.63) is 36.0 Å². The van der Waals surface area contributed by atoms with E-state index in [0.29, 0.717) is 11.3 Å². The number of nitrogens with one attached hydrogen (secondary N) is 1. The van der Waals surface area contributed by atoms with Gasteiger partial charge in [-0.15, -0.1) is 5.10 Å². The number of aromatic amines is 1. The lowest BCUT2D eigenvalue weighted by molar-refractivity contribution is 0.563. The Bertz CT molecular complexity index is 409. The first kappa shape index (κ1) is 7.67. The molecular weight excluding hydrogens is 166 g/mol. The first-order chi connectivity index (χ1) is 6.42. The zero-order chi connectivity index (χ0) is 9.10. The van der Waals surface area contributed by atoms with E-state index in [9.17, 15) is 4.79 Å². The van der Waals surface area contributed by atoms with E-state index < -0.39 is 0 Å². The largest absolute Gasteiger partial charge is 0.285 e. The molecule has 0 amide bonds. The molecule has 0 aliphatic rings. The van der Waals surface area contributed by atoms with Crippen LogP contribution in [0.1, 0.15) is 5.56 Å². The number of aromatic nitrogens is 3. The van der Waals surface area contributed by atoms with E-state index in [1.54, 1.807) is 24.4 Å². The van der Waals surface area contributed by atoms with Crippen LogP contribution in [0.4, 0.5) is 0 Å². The van der Waals surface area contributed by atoms with Gasteiger partial charge in [0.15, 0.2) is 0 Å². The standard InChI is InChI=1S/C9H6N3O/c13-6-7-3-1-2-4-8(7)9-5-10-12-11-9/h1-5H,(H,10,11,12). The van der Waals surface area contributed by atoms with Gasteiger partial charge in [0.25, 0.3) is 0 Å². The zero-order valence-corrected chi connectivity index (χ0v) is 6.69. The molecule has 0 spiro atoms. The Kier molecular flexibility index (Phi) is 1.88. The quantitative estimate of drug-likeness (QED) is 0.733. The highest BCUT2D eigenvalue weighted by Gasteiger charge is 2.05. The molecule has 1 aromatic heterocycles. The maximum Gasteiger partial charge on any atom is 0.234 e. The van der Waals surface area contributed by atoms with E-state index in [4.69, 9.17) is 0 Å². The second kappa shape index (κ2) is 3.18. The summed E-state index contributed by atoms with van der Waals surface area (Å²) in [6, 6.07) is 7.11. The molecule has 0 unspecified atom stereocenters. The van der Waals surface area contributed by atoms with Crippen molar-refractivity contribution in [2.45, 2.75) is 0 Å². The van der Waals surface area contributed by atoms with Crippen LogP contribution in [0.15, 0.2) is 30.5 Å². The van der Waals surface area contributed by atoms with E-state index in [2.05, 4.69) is 15.4 Å². The van der Waals surface area contributed by atoms with Crippen molar-refractivity contribution >= 4 is 6.29 Å². The van der Waals surface area contributed by atoms with Crippen molar-refractivity contribution in [1.29, 1.82) is 0 Å². The van der Waals surface area contributed by atoms with E-state index in [1.165, 1.54) is 0 Å². The molecule has 2 aromatic rings. The molecule has 0 saturated heterocycles. The van der Waals surface area contributed by atoms with Gasteiger partial charge in [0, 0.05) is 11.1 Å². The third-order valence-corrected chi connectivity index (χ3v) is 1.73. The number of nitrogens with zero attached hydrogens (tertiary/aromatic N) is 2. The summed E-state index contributed by atoms with van der Waals surface area (Å²) in [5, 5.41) is 9.97. The molecule has 1 aromatic carbocycles. The maximum absolute atomic E-state index is 10.5. The number of rotatable bonds is 2. The Hall–Kier alpha value is -1.97. The summed E-state index contributed by atoms with van der Waals surface area (Å²) in [4.78, 5) is 10.5. The Labute approximate surface area is 74.6 Å². The van der Waals surface area contributed by atoms with Gasteiger partial charge in [-0.1, -0.05) is 29.5 Å². The SMILES string of the molecule is O=[C]c1ccccc1-c1c[nH]nn1. The summed E-state index contributed by atoms with van der Waals surface area (Å²) in [5.74, 6) is 0. The fraction of sp³-hybridized carbons (Fsp3) is 0. The number of carbonyl (C=O) groups excluding carboxylic acids is 1. The first-order valence-corrected chi connectivity index (χ1v) is 3.76. The van der Waals surface area contributed by atoms with Crippen LogP contribution in [-0.2, 0) is 4.79 Å². The molecule has 0 aliphatic heterocycles. The molecular formula is C9H6N3O.